The maximum atomic E-state index is 5.46. The molecule has 0 saturated heterocycles. The highest BCUT2D eigenvalue weighted by molar-refractivity contribution is 5.53. The zero-order valence-electron chi connectivity index (χ0n) is 10.3. The molecule has 1 aromatic carbocycles. The van der Waals surface area contributed by atoms with E-state index in [1.165, 1.54) is 11.1 Å². The Morgan fingerprint density at radius 3 is 2.82 bits per heavy atom. The molecule has 0 fully saturated rings. The third kappa shape index (κ3) is 3.03. The molecule has 0 saturated carbocycles. The average molecular weight is 230 g/mol. The normalized spacial score (nSPS) is 10.2. The Morgan fingerprint density at radius 2 is 2.18 bits per heavy atom. The highest BCUT2D eigenvalue weighted by atomic mass is 16.5. The molecule has 0 unspecified atom stereocenters. The molecule has 0 aliphatic heterocycles. The SMILES string of the molecule is CCOc1ccc(NCc2cc[nH]c2)c(C)c1. The Hall–Kier alpha value is -1.90. The van der Waals surface area contributed by atoms with Crippen molar-refractivity contribution in [3.8, 4) is 5.75 Å². The standard InChI is InChI=1S/C14H18N2O/c1-3-17-13-4-5-14(11(2)8-13)16-10-12-6-7-15-9-12/h4-9,15-16H,3,10H2,1-2H3. The molecule has 3 heteroatoms. The van der Waals surface area contributed by atoms with Crippen molar-refractivity contribution in [2.45, 2.75) is 20.4 Å². The first-order valence-electron chi connectivity index (χ1n) is 5.88. The molecular weight excluding hydrogens is 212 g/mol. The van der Waals surface area contributed by atoms with Gasteiger partial charge in [0.05, 0.1) is 6.61 Å². The lowest BCUT2D eigenvalue weighted by Gasteiger charge is -2.10. The summed E-state index contributed by atoms with van der Waals surface area (Å²) in [5.74, 6) is 0.928. The summed E-state index contributed by atoms with van der Waals surface area (Å²) in [5.41, 5.74) is 3.60. The lowest BCUT2D eigenvalue weighted by molar-refractivity contribution is 0.340. The molecule has 0 radical (unpaired) electrons. The first-order valence-corrected chi connectivity index (χ1v) is 5.88. The summed E-state index contributed by atoms with van der Waals surface area (Å²) in [4.78, 5) is 3.05. The second kappa shape index (κ2) is 5.43. The fourth-order valence-electron chi connectivity index (χ4n) is 1.76. The van der Waals surface area contributed by atoms with Crippen molar-refractivity contribution in [2.24, 2.45) is 0 Å². The van der Waals surface area contributed by atoms with Crippen LogP contribution < -0.4 is 10.1 Å². The fraction of sp³-hybridized carbons (Fsp3) is 0.286. The van der Waals surface area contributed by atoms with Gasteiger partial charge in [0.15, 0.2) is 0 Å². The minimum absolute atomic E-state index is 0.704. The van der Waals surface area contributed by atoms with Crippen molar-refractivity contribution in [1.82, 2.24) is 4.98 Å². The third-order valence-electron chi connectivity index (χ3n) is 2.65. The molecule has 1 aromatic heterocycles. The van der Waals surface area contributed by atoms with Gasteiger partial charge in [0.2, 0.25) is 0 Å². The van der Waals surface area contributed by atoms with Gasteiger partial charge in [-0.2, -0.15) is 0 Å². The second-order valence-electron chi connectivity index (χ2n) is 3.98. The topological polar surface area (TPSA) is 37.0 Å². The summed E-state index contributed by atoms with van der Waals surface area (Å²) < 4.78 is 5.46. The van der Waals surface area contributed by atoms with Gasteiger partial charge in [-0.05, 0) is 49.2 Å². The van der Waals surface area contributed by atoms with Gasteiger partial charge in [0.25, 0.3) is 0 Å². The summed E-state index contributed by atoms with van der Waals surface area (Å²) >= 11 is 0. The molecule has 0 aliphatic carbocycles. The van der Waals surface area contributed by atoms with Crippen LogP contribution in [0.3, 0.4) is 0 Å². The molecule has 0 aliphatic rings. The number of nitrogens with one attached hydrogen (secondary N) is 2. The van der Waals surface area contributed by atoms with Crippen LogP contribution in [0.2, 0.25) is 0 Å². The van der Waals surface area contributed by atoms with Crippen LogP contribution in [0.5, 0.6) is 5.75 Å². The van der Waals surface area contributed by atoms with Crippen LogP contribution >= 0.6 is 0 Å². The maximum absolute atomic E-state index is 5.46. The smallest absolute Gasteiger partial charge is 0.119 e. The Labute approximate surface area is 102 Å². The monoisotopic (exact) mass is 230 g/mol. The van der Waals surface area contributed by atoms with Crippen LogP contribution in [-0.4, -0.2) is 11.6 Å². The molecule has 0 bridgehead atoms. The summed E-state index contributed by atoms with van der Waals surface area (Å²) in [6.45, 7) is 5.61. The molecule has 17 heavy (non-hydrogen) atoms. The first-order chi connectivity index (χ1) is 8.29. The Bertz CT molecular complexity index is 463. The highest BCUT2D eigenvalue weighted by Crippen LogP contribution is 2.21. The molecule has 0 amide bonds. The molecule has 90 valence electrons. The highest BCUT2D eigenvalue weighted by Gasteiger charge is 2.00. The van der Waals surface area contributed by atoms with E-state index in [1.54, 1.807) is 0 Å². The number of hydrogen-bond acceptors (Lipinski definition) is 2. The molecule has 2 aromatic rings. The van der Waals surface area contributed by atoms with E-state index < -0.39 is 0 Å². The van der Waals surface area contributed by atoms with Crippen LogP contribution in [0, 0.1) is 6.92 Å². The van der Waals surface area contributed by atoms with E-state index in [4.69, 9.17) is 4.74 Å². The van der Waals surface area contributed by atoms with E-state index in [1.807, 2.05) is 25.4 Å². The number of aryl methyl sites for hydroxylation is 1. The Balaban J connectivity index is 2.01. The van der Waals surface area contributed by atoms with E-state index in [2.05, 4.69) is 35.4 Å². The minimum atomic E-state index is 0.704. The van der Waals surface area contributed by atoms with Crippen LogP contribution in [0.15, 0.2) is 36.7 Å². The fourth-order valence-corrected chi connectivity index (χ4v) is 1.76. The third-order valence-corrected chi connectivity index (χ3v) is 2.65. The van der Waals surface area contributed by atoms with Crippen molar-refractivity contribution in [1.29, 1.82) is 0 Å². The average Bonchev–Trinajstić information content (AvgIpc) is 2.81. The van der Waals surface area contributed by atoms with Crippen molar-refractivity contribution in [3.63, 3.8) is 0 Å². The van der Waals surface area contributed by atoms with Crippen molar-refractivity contribution in [2.75, 3.05) is 11.9 Å². The predicted molar refractivity (Wildman–Crippen MR) is 70.5 cm³/mol. The minimum Gasteiger partial charge on any atom is -0.494 e. The zero-order valence-corrected chi connectivity index (χ0v) is 10.3. The lowest BCUT2D eigenvalue weighted by atomic mass is 10.2. The van der Waals surface area contributed by atoms with E-state index in [0.717, 1.165) is 18.0 Å². The lowest BCUT2D eigenvalue weighted by Crippen LogP contribution is -2.00. The van der Waals surface area contributed by atoms with Gasteiger partial charge in [-0.25, -0.2) is 0 Å². The predicted octanol–water partition coefficient (Wildman–Crippen LogP) is 3.33. The number of rotatable bonds is 5. The largest absolute Gasteiger partial charge is 0.494 e. The van der Waals surface area contributed by atoms with Gasteiger partial charge in [0, 0.05) is 24.6 Å². The number of hydrogen-bond donors (Lipinski definition) is 2. The number of H-pyrrole nitrogens is 1. The number of benzene rings is 1. The van der Waals surface area contributed by atoms with E-state index in [-0.39, 0.29) is 0 Å². The van der Waals surface area contributed by atoms with Crippen molar-refractivity contribution < 1.29 is 4.74 Å². The van der Waals surface area contributed by atoms with Crippen molar-refractivity contribution in [3.05, 3.63) is 47.8 Å². The van der Waals surface area contributed by atoms with Gasteiger partial charge in [-0.15, -0.1) is 0 Å². The number of aromatic nitrogens is 1. The Morgan fingerprint density at radius 1 is 1.29 bits per heavy atom. The molecule has 0 spiro atoms. The van der Waals surface area contributed by atoms with Gasteiger partial charge in [-0.1, -0.05) is 0 Å². The summed E-state index contributed by atoms with van der Waals surface area (Å²) in [5, 5.41) is 3.41. The van der Waals surface area contributed by atoms with Crippen LogP contribution in [-0.2, 0) is 6.54 Å². The van der Waals surface area contributed by atoms with Crippen LogP contribution in [0.4, 0.5) is 5.69 Å². The van der Waals surface area contributed by atoms with E-state index in [9.17, 15) is 0 Å². The summed E-state index contributed by atoms with van der Waals surface area (Å²) in [6, 6.07) is 8.18. The summed E-state index contributed by atoms with van der Waals surface area (Å²) in [6.07, 6.45) is 3.93. The van der Waals surface area contributed by atoms with Gasteiger partial charge < -0.3 is 15.0 Å². The van der Waals surface area contributed by atoms with Gasteiger partial charge in [0.1, 0.15) is 5.75 Å². The zero-order chi connectivity index (χ0) is 12.1. The first kappa shape index (κ1) is 11.6. The second-order valence-corrected chi connectivity index (χ2v) is 3.98. The van der Waals surface area contributed by atoms with Gasteiger partial charge >= 0.3 is 0 Å². The maximum Gasteiger partial charge on any atom is 0.119 e. The number of ether oxygens (including phenoxy) is 1. The van der Waals surface area contributed by atoms with Gasteiger partial charge in [-0.3, -0.25) is 0 Å². The van der Waals surface area contributed by atoms with Crippen LogP contribution in [0.25, 0.3) is 0 Å². The Kier molecular flexibility index (Phi) is 3.70. The number of anilines is 1. The quantitative estimate of drug-likeness (QED) is 0.826. The molecule has 0 atom stereocenters. The molecule has 2 N–H and O–H groups in total. The molecular formula is C14H18N2O. The van der Waals surface area contributed by atoms with E-state index in [0.29, 0.717) is 6.61 Å². The van der Waals surface area contributed by atoms with E-state index >= 15 is 0 Å². The molecule has 3 nitrogen and oxygen atoms in total. The molecule has 1 heterocycles. The van der Waals surface area contributed by atoms with Crippen molar-refractivity contribution >= 4 is 5.69 Å². The molecule has 2 rings (SSSR count). The summed E-state index contributed by atoms with van der Waals surface area (Å²) in [7, 11) is 0. The van der Waals surface area contributed by atoms with Crippen LogP contribution in [0.1, 0.15) is 18.1 Å². The number of aromatic amines is 1.